The van der Waals surface area contributed by atoms with Crippen LogP contribution in [0.4, 0.5) is 15.8 Å². The summed E-state index contributed by atoms with van der Waals surface area (Å²) in [6.45, 7) is 3.74. The number of nitrogens with one attached hydrogen (secondary N) is 1. The van der Waals surface area contributed by atoms with Gasteiger partial charge in [-0.3, -0.25) is 0 Å². The second-order valence-corrected chi connectivity index (χ2v) is 7.28. The predicted octanol–water partition coefficient (Wildman–Crippen LogP) is 1.59. The molecule has 3 aliphatic rings. The van der Waals surface area contributed by atoms with Gasteiger partial charge in [0, 0.05) is 58.2 Å². The summed E-state index contributed by atoms with van der Waals surface area (Å²) in [7, 11) is 3.19. The third kappa shape index (κ3) is 3.29. The lowest BCUT2D eigenvalue weighted by atomic mass is 10.1. The molecule has 26 heavy (non-hydrogen) atoms. The van der Waals surface area contributed by atoms with E-state index in [1.54, 1.807) is 20.3 Å². The molecule has 1 aromatic carbocycles. The third-order valence-corrected chi connectivity index (χ3v) is 5.81. The first-order valence-electron chi connectivity index (χ1n) is 9.42. The maximum absolute atomic E-state index is 14.6. The van der Waals surface area contributed by atoms with Gasteiger partial charge in [-0.05, 0) is 31.0 Å². The molecule has 3 heterocycles. The quantitative estimate of drug-likeness (QED) is 0.800. The van der Waals surface area contributed by atoms with Gasteiger partial charge in [0.15, 0.2) is 6.29 Å². The highest BCUT2D eigenvalue weighted by Crippen LogP contribution is 2.35. The first-order valence-corrected chi connectivity index (χ1v) is 9.42. The molecule has 144 valence electrons. The lowest BCUT2D eigenvalue weighted by Gasteiger charge is -2.39. The van der Waals surface area contributed by atoms with E-state index in [0.717, 1.165) is 18.8 Å². The Labute approximate surface area is 154 Å². The van der Waals surface area contributed by atoms with Crippen molar-refractivity contribution in [3.8, 4) is 0 Å². The lowest BCUT2D eigenvalue weighted by Crippen LogP contribution is -2.52. The van der Waals surface area contributed by atoms with Crippen molar-refractivity contribution in [3.63, 3.8) is 0 Å². The summed E-state index contributed by atoms with van der Waals surface area (Å²) in [4.78, 5) is 4.52. The second kappa shape index (κ2) is 7.68. The Morgan fingerprint density at radius 3 is 2.62 bits per heavy atom. The van der Waals surface area contributed by atoms with E-state index >= 15 is 0 Å². The number of rotatable bonds is 5. The van der Waals surface area contributed by atoms with Crippen molar-refractivity contribution < 1.29 is 18.6 Å². The van der Waals surface area contributed by atoms with Gasteiger partial charge in [-0.2, -0.15) is 0 Å². The Bertz CT molecular complexity index is 612. The average molecular weight is 365 g/mol. The van der Waals surface area contributed by atoms with Gasteiger partial charge < -0.3 is 29.3 Å². The summed E-state index contributed by atoms with van der Waals surface area (Å²) in [6, 6.07) is 6.54. The minimum atomic E-state index is -0.451. The Hall–Kier alpha value is -1.41. The fourth-order valence-electron chi connectivity index (χ4n) is 4.56. The van der Waals surface area contributed by atoms with Crippen LogP contribution in [0.2, 0.25) is 0 Å². The Kier molecular flexibility index (Phi) is 5.31. The highest BCUT2D eigenvalue weighted by molar-refractivity contribution is 5.62. The first-order chi connectivity index (χ1) is 12.7. The van der Waals surface area contributed by atoms with Crippen LogP contribution in [0.5, 0.6) is 0 Å². The topological polar surface area (TPSA) is 46.2 Å². The number of hydrogen-bond donors (Lipinski definition) is 1. The zero-order valence-electron chi connectivity index (χ0n) is 15.5. The summed E-state index contributed by atoms with van der Waals surface area (Å²) in [5, 5.41) is 3.50. The van der Waals surface area contributed by atoms with Gasteiger partial charge in [0.05, 0.1) is 12.3 Å². The molecule has 1 aromatic rings. The summed E-state index contributed by atoms with van der Waals surface area (Å²) in [5.41, 5.74) is 1.76. The first kappa shape index (κ1) is 18.0. The van der Waals surface area contributed by atoms with E-state index in [1.165, 1.54) is 12.8 Å². The molecule has 0 spiro atoms. The molecular weight excluding hydrogens is 337 g/mol. The van der Waals surface area contributed by atoms with Gasteiger partial charge in [-0.1, -0.05) is 0 Å². The Morgan fingerprint density at radius 1 is 1.19 bits per heavy atom. The number of morpholine rings is 1. The maximum Gasteiger partial charge on any atom is 0.184 e. The molecule has 0 amide bonds. The van der Waals surface area contributed by atoms with Crippen LogP contribution in [0.25, 0.3) is 0 Å². The van der Waals surface area contributed by atoms with E-state index in [-0.39, 0.29) is 11.9 Å². The Balaban J connectivity index is 1.56. The van der Waals surface area contributed by atoms with Crippen molar-refractivity contribution in [1.82, 2.24) is 5.32 Å². The lowest BCUT2D eigenvalue weighted by molar-refractivity contribution is -0.182. The predicted molar refractivity (Wildman–Crippen MR) is 98.3 cm³/mol. The molecule has 3 saturated heterocycles. The molecule has 0 aromatic heterocycles. The zero-order chi connectivity index (χ0) is 18.1. The molecule has 0 radical (unpaired) electrons. The number of benzene rings is 1. The molecule has 3 fully saturated rings. The number of anilines is 2. The molecule has 0 saturated carbocycles. The number of fused-ring (bicyclic) bond motifs is 2. The zero-order valence-corrected chi connectivity index (χ0v) is 15.5. The van der Waals surface area contributed by atoms with Gasteiger partial charge in [0.1, 0.15) is 11.9 Å². The van der Waals surface area contributed by atoms with Gasteiger partial charge in [0.25, 0.3) is 0 Å². The molecule has 0 aliphatic carbocycles. The number of ether oxygens (including phenoxy) is 3. The highest BCUT2D eigenvalue weighted by Gasteiger charge is 2.37. The van der Waals surface area contributed by atoms with E-state index < -0.39 is 6.29 Å². The van der Waals surface area contributed by atoms with Crippen molar-refractivity contribution in [2.75, 3.05) is 56.8 Å². The van der Waals surface area contributed by atoms with Crippen molar-refractivity contribution in [1.29, 1.82) is 0 Å². The van der Waals surface area contributed by atoms with Crippen molar-refractivity contribution >= 4 is 11.4 Å². The monoisotopic (exact) mass is 365 g/mol. The maximum atomic E-state index is 14.6. The number of halogens is 1. The van der Waals surface area contributed by atoms with Crippen LogP contribution in [-0.4, -0.2) is 71.5 Å². The van der Waals surface area contributed by atoms with Gasteiger partial charge in [0.2, 0.25) is 0 Å². The molecule has 3 aliphatic heterocycles. The molecule has 4 rings (SSSR count). The van der Waals surface area contributed by atoms with E-state index in [9.17, 15) is 4.39 Å². The SMILES string of the molecule is COC(OC)[C@@H]1CN(c2cc(N3C4CCC3CNC4)ccc2F)CCO1. The minimum absolute atomic E-state index is 0.191. The highest BCUT2D eigenvalue weighted by atomic mass is 19.1. The van der Waals surface area contributed by atoms with E-state index in [1.807, 2.05) is 17.0 Å². The smallest absolute Gasteiger partial charge is 0.184 e. The number of methoxy groups -OCH3 is 2. The average Bonchev–Trinajstić information content (AvgIpc) is 2.92. The van der Waals surface area contributed by atoms with Crippen LogP contribution in [0.15, 0.2) is 18.2 Å². The molecule has 1 N–H and O–H groups in total. The number of hydrogen-bond acceptors (Lipinski definition) is 6. The van der Waals surface area contributed by atoms with Crippen LogP contribution in [0.3, 0.4) is 0 Å². The molecule has 7 heteroatoms. The molecule has 3 atom stereocenters. The van der Waals surface area contributed by atoms with Crippen molar-refractivity contribution in [2.45, 2.75) is 37.3 Å². The second-order valence-electron chi connectivity index (χ2n) is 7.28. The molecule has 2 bridgehead atoms. The van der Waals surface area contributed by atoms with Crippen LogP contribution < -0.4 is 15.1 Å². The fourth-order valence-corrected chi connectivity index (χ4v) is 4.56. The third-order valence-electron chi connectivity index (χ3n) is 5.81. The van der Waals surface area contributed by atoms with Gasteiger partial charge >= 0.3 is 0 Å². The van der Waals surface area contributed by atoms with E-state index in [0.29, 0.717) is 37.5 Å². The standard InChI is InChI=1S/C19H28FN3O3/c1-24-19(25-2)18-12-22(7-8-26-18)17-9-13(5-6-16(17)20)23-14-3-4-15(23)11-21-10-14/h5-6,9,14-15,18-19,21H,3-4,7-8,10-12H2,1-2H3/t14?,15?,18-/m0/s1. The Morgan fingerprint density at radius 2 is 1.92 bits per heavy atom. The molecular formula is C19H28FN3O3. The summed E-state index contributed by atoms with van der Waals surface area (Å²) in [6.07, 6.45) is 1.71. The van der Waals surface area contributed by atoms with E-state index in [2.05, 4.69) is 10.2 Å². The number of piperazine rings is 1. The largest absolute Gasteiger partial charge is 0.369 e. The summed E-state index contributed by atoms with van der Waals surface area (Å²) >= 11 is 0. The number of nitrogens with zero attached hydrogens (tertiary/aromatic N) is 2. The van der Waals surface area contributed by atoms with Crippen LogP contribution in [0, 0.1) is 5.82 Å². The summed E-state index contributed by atoms with van der Waals surface area (Å²) in [5.74, 6) is -0.191. The van der Waals surface area contributed by atoms with Gasteiger partial charge in [-0.15, -0.1) is 0 Å². The van der Waals surface area contributed by atoms with Crippen LogP contribution in [0.1, 0.15) is 12.8 Å². The minimum Gasteiger partial charge on any atom is -0.369 e. The van der Waals surface area contributed by atoms with Gasteiger partial charge in [-0.25, -0.2) is 4.39 Å². The molecule has 2 unspecified atom stereocenters. The fraction of sp³-hybridized carbons (Fsp3) is 0.684. The summed E-state index contributed by atoms with van der Waals surface area (Å²) < 4.78 is 31.1. The van der Waals surface area contributed by atoms with Crippen molar-refractivity contribution in [3.05, 3.63) is 24.0 Å². The van der Waals surface area contributed by atoms with E-state index in [4.69, 9.17) is 14.2 Å². The van der Waals surface area contributed by atoms with Crippen LogP contribution >= 0.6 is 0 Å². The van der Waals surface area contributed by atoms with Crippen LogP contribution in [-0.2, 0) is 14.2 Å². The normalized spacial score (nSPS) is 28.8. The molecule has 6 nitrogen and oxygen atoms in total. The van der Waals surface area contributed by atoms with Crippen molar-refractivity contribution in [2.24, 2.45) is 0 Å².